The summed E-state index contributed by atoms with van der Waals surface area (Å²) < 4.78 is 2.78. The Bertz CT molecular complexity index is 521. The smallest absolute Gasteiger partial charge is 0.106 e. The number of aryl methyl sites for hydroxylation is 1. The molecular weight excluding hydrogens is 426 g/mol. The lowest BCUT2D eigenvalue weighted by Gasteiger charge is -2.10. The number of hydrogen-bond donors (Lipinski definition) is 1. The molecule has 0 fully saturated rings. The quantitative estimate of drug-likeness (QED) is 0.711. The molecule has 2 heterocycles. The standard InChI is InChI=1S/C12H10Br3N3/c1-7-10(2-3-12(15)18-7)17-6-11-9(14)4-8(13)5-16-11/h2-5,17H,6H2,1H3. The number of nitrogens with one attached hydrogen (secondary N) is 1. The van der Waals surface area contributed by atoms with Crippen molar-refractivity contribution in [1.82, 2.24) is 9.97 Å². The first-order chi connectivity index (χ1) is 8.56. The van der Waals surface area contributed by atoms with E-state index in [1.54, 1.807) is 6.20 Å². The normalized spacial score (nSPS) is 10.4. The van der Waals surface area contributed by atoms with E-state index in [0.29, 0.717) is 6.54 Å². The van der Waals surface area contributed by atoms with Crippen LogP contribution in [0.4, 0.5) is 5.69 Å². The van der Waals surface area contributed by atoms with Crippen LogP contribution in [0.3, 0.4) is 0 Å². The molecule has 0 spiro atoms. The predicted molar refractivity (Wildman–Crippen MR) is 83.6 cm³/mol. The van der Waals surface area contributed by atoms with Gasteiger partial charge in [-0.25, -0.2) is 4.98 Å². The maximum absolute atomic E-state index is 4.35. The molecular formula is C12H10Br3N3. The van der Waals surface area contributed by atoms with Crippen LogP contribution in [-0.2, 0) is 6.54 Å². The number of nitrogens with zero attached hydrogens (tertiary/aromatic N) is 2. The van der Waals surface area contributed by atoms with Gasteiger partial charge in [-0.15, -0.1) is 0 Å². The third kappa shape index (κ3) is 3.52. The molecule has 2 aromatic rings. The van der Waals surface area contributed by atoms with Crippen molar-refractivity contribution in [1.29, 1.82) is 0 Å². The van der Waals surface area contributed by atoms with E-state index in [0.717, 1.165) is 30.6 Å². The molecule has 0 bridgehead atoms. The van der Waals surface area contributed by atoms with Crippen molar-refractivity contribution in [2.75, 3.05) is 5.32 Å². The maximum atomic E-state index is 4.35. The fraction of sp³-hybridized carbons (Fsp3) is 0.167. The largest absolute Gasteiger partial charge is 0.378 e. The summed E-state index contributed by atoms with van der Waals surface area (Å²) in [5.74, 6) is 0. The number of aromatic nitrogens is 2. The summed E-state index contributed by atoms with van der Waals surface area (Å²) in [6, 6.07) is 5.90. The highest BCUT2D eigenvalue weighted by Crippen LogP contribution is 2.21. The molecule has 0 aliphatic carbocycles. The number of anilines is 1. The molecule has 0 aliphatic rings. The van der Waals surface area contributed by atoms with E-state index in [1.807, 2.05) is 25.1 Å². The van der Waals surface area contributed by atoms with Crippen LogP contribution in [0.5, 0.6) is 0 Å². The first kappa shape index (κ1) is 14.0. The SMILES string of the molecule is Cc1nc(Br)ccc1NCc1ncc(Br)cc1Br. The number of pyridine rings is 2. The predicted octanol–water partition coefficient (Wildman–Crippen LogP) is 4.68. The summed E-state index contributed by atoms with van der Waals surface area (Å²) in [5.41, 5.74) is 2.92. The van der Waals surface area contributed by atoms with Crippen LogP contribution >= 0.6 is 47.8 Å². The lowest BCUT2D eigenvalue weighted by molar-refractivity contribution is 1.02. The highest BCUT2D eigenvalue weighted by Gasteiger charge is 2.04. The topological polar surface area (TPSA) is 37.8 Å². The van der Waals surface area contributed by atoms with Gasteiger partial charge in [0.05, 0.1) is 23.6 Å². The molecule has 6 heteroatoms. The molecule has 1 N–H and O–H groups in total. The minimum Gasteiger partial charge on any atom is -0.378 e. The molecule has 3 nitrogen and oxygen atoms in total. The van der Waals surface area contributed by atoms with Crippen molar-refractivity contribution in [3.63, 3.8) is 0 Å². The van der Waals surface area contributed by atoms with Crippen LogP contribution in [0.2, 0.25) is 0 Å². The zero-order valence-electron chi connectivity index (χ0n) is 9.54. The third-order valence-electron chi connectivity index (χ3n) is 2.38. The highest BCUT2D eigenvalue weighted by molar-refractivity contribution is 9.11. The van der Waals surface area contributed by atoms with Crippen LogP contribution in [0, 0.1) is 6.92 Å². The van der Waals surface area contributed by atoms with Crippen molar-refractivity contribution < 1.29 is 0 Å². The Labute approximate surface area is 131 Å². The summed E-state index contributed by atoms with van der Waals surface area (Å²) in [7, 11) is 0. The zero-order valence-corrected chi connectivity index (χ0v) is 14.3. The van der Waals surface area contributed by atoms with Crippen molar-refractivity contribution in [2.24, 2.45) is 0 Å². The average Bonchev–Trinajstić information content (AvgIpc) is 2.30. The van der Waals surface area contributed by atoms with Crippen LogP contribution in [-0.4, -0.2) is 9.97 Å². The maximum Gasteiger partial charge on any atom is 0.106 e. The van der Waals surface area contributed by atoms with Gasteiger partial charge in [-0.3, -0.25) is 4.98 Å². The molecule has 0 amide bonds. The fourth-order valence-corrected chi connectivity index (χ4v) is 2.99. The van der Waals surface area contributed by atoms with E-state index < -0.39 is 0 Å². The van der Waals surface area contributed by atoms with Gasteiger partial charge in [0.25, 0.3) is 0 Å². The summed E-state index contributed by atoms with van der Waals surface area (Å²) in [4.78, 5) is 8.69. The second-order valence-electron chi connectivity index (χ2n) is 3.70. The molecule has 2 rings (SSSR count). The number of hydrogen-bond acceptors (Lipinski definition) is 3. The van der Waals surface area contributed by atoms with Gasteiger partial charge in [0, 0.05) is 15.1 Å². The molecule has 0 saturated heterocycles. The van der Waals surface area contributed by atoms with E-state index in [-0.39, 0.29) is 0 Å². The second-order valence-corrected chi connectivity index (χ2v) is 6.29. The van der Waals surface area contributed by atoms with E-state index in [1.165, 1.54) is 0 Å². The monoisotopic (exact) mass is 433 g/mol. The second kappa shape index (κ2) is 6.12. The number of rotatable bonds is 3. The highest BCUT2D eigenvalue weighted by atomic mass is 79.9. The van der Waals surface area contributed by atoms with E-state index >= 15 is 0 Å². The van der Waals surface area contributed by atoms with Gasteiger partial charge in [-0.2, -0.15) is 0 Å². The van der Waals surface area contributed by atoms with Gasteiger partial charge in [0.2, 0.25) is 0 Å². The van der Waals surface area contributed by atoms with E-state index in [2.05, 4.69) is 63.1 Å². The van der Waals surface area contributed by atoms with Crippen LogP contribution in [0.25, 0.3) is 0 Å². The Hall–Kier alpha value is -0.460. The molecule has 0 atom stereocenters. The summed E-state index contributed by atoms with van der Waals surface area (Å²) in [6.45, 7) is 2.62. The van der Waals surface area contributed by atoms with Gasteiger partial charge < -0.3 is 5.32 Å². The molecule has 0 aromatic carbocycles. The van der Waals surface area contributed by atoms with Crippen LogP contribution in [0.1, 0.15) is 11.4 Å². The lowest BCUT2D eigenvalue weighted by atomic mass is 10.3. The van der Waals surface area contributed by atoms with Crippen molar-refractivity contribution >= 4 is 53.5 Å². The Morgan fingerprint density at radius 3 is 2.67 bits per heavy atom. The molecule has 18 heavy (non-hydrogen) atoms. The Morgan fingerprint density at radius 1 is 1.22 bits per heavy atom. The van der Waals surface area contributed by atoms with Gasteiger partial charge in [-0.1, -0.05) is 0 Å². The minimum atomic E-state index is 0.651. The van der Waals surface area contributed by atoms with E-state index in [9.17, 15) is 0 Å². The molecule has 94 valence electrons. The molecule has 2 aromatic heterocycles. The van der Waals surface area contributed by atoms with E-state index in [4.69, 9.17) is 0 Å². The Kier molecular flexibility index (Phi) is 4.75. The Balaban J connectivity index is 2.11. The average molecular weight is 436 g/mol. The summed E-state index contributed by atoms with van der Waals surface area (Å²) >= 11 is 10.2. The zero-order chi connectivity index (χ0) is 13.1. The minimum absolute atomic E-state index is 0.651. The van der Waals surface area contributed by atoms with Crippen LogP contribution < -0.4 is 5.32 Å². The fourth-order valence-electron chi connectivity index (χ4n) is 1.47. The summed E-state index contributed by atoms with van der Waals surface area (Å²) in [5, 5.41) is 3.33. The Morgan fingerprint density at radius 2 is 2.00 bits per heavy atom. The molecule has 0 aliphatic heterocycles. The number of halogens is 3. The van der Waals surface area contributed by atoms with Gasteiger partial charge in [0.1, 0.15) is 4.60 Å². The first-order valence-electron chi connectivity index (χ1n) is 5.23. The van der Waals surface area contributed by atoms with Gasteiger partial charge in [-0.05, 0) is 72.9 Å². The van der Waals surface area contributed by atoms with Crippen molar-refractivity contribution in [2.45, 2.75) is 13.5 Å². The van der Waals surface area contributed by atoms with Gasteiger partial charge >= 0.3 is 0 Å². The molecule has 0 saturated carbocycles. The first-order valence-corrected chi connectivity index (χ1v) is 7.61. The lowest BCUT2D eigenvalue weighted by Crippen LogP contribution is -2.04. The third-order valence-corrected chi connectivity index (χ3v) is 3.94. The van der Waals surface area contributed by atoms with Crippen molar-refractivity contribution in [3.8, 4) is 0 Å². The summed E-state index contributed by atoms with van der Waals surface area (Å²) in [6.07, 6.45) is 1.79. The van der Waals surface area contributed by atoms with Crippen LogP contribution in [0.15, 0.2) is 37.9 Å². The van der Waals surface area contributed by atoms with Gasteiger partial charge in [0.15, 0.2) is 0 Å². The van der Waals surface area contributed by atoms with Crippen molar-refractivity contribution in [3.05, 3.63) is 49.3 Å². The molecule has 0 unspecified atom stereocenters. The molecule has 0 radical (unpaired) electrons.